The van der Waals surface area contributed by atoms with Crippen LogP contribution in [0.2, 0.25) is 5.02 Å². The molecule has 1 heterocycles. The topological polar surface area (TPSA) is 62.2 Å². The number of phenolic OH excluding ortho intramolecular Hbond substituents is 1. The van der Waals surface area contributed by atoms with Gasteiger partial charge in [-0.25, -0.2) is 4.98 Å². The van der Waals surface area contributed by atoms with Crippen LogP contribution in [0.4, 0.5) is 0 Å². The molecule has 0 spiro atoms. The van der Waals surface area contributed by atoms with Gasteiger partial charge in [-0.15, -0.1) is 11.3 Å². The number of phenols is 1. The minimum atomic E-state index is -0.220. The summed E-state index contributed by atoms with van der Waals surface area (Å²) in [5, 5.41) is 15.7. The molecule has 0 radical (unpaired) electrons. The fraction of sp³-hybridized carbons (Fsp3) is 0.111. The molecule has 0 atom stereocenters. The first-order valence-electron chi connectivity index (χ1n) is 7.40. The van der Waals surface area contributed by atoms with Crippen LogP contribution in [0.3, 0.4) is 0 Å². The Bertz CT molecular complexity index is 846. The number of halogens is 1. The highest BCUT2D eigenvalue weighted by Crippen LogP contribution is 2.25. The van der Waals surface area contributed by atoms with Crippen LogP contribution in [-0.2, 0) is 6.42 Å². The van der Waals surface area contributed by atoms with E-state index < -0.39 is 0 Å². The monoisotopic (exact) mass is 358 g/mol. The van der Waals surface area contributed by atoms with Crippen molar-refractivity contribution in [1.82, 2.24) is 10.3 Å². The lowest BCUT2D eigenvalue weighted by Gasteiger charge is -2.05. The minimum absolute atomic E-state index is 0.220. The Morgan fingerprint density at radius 2 is 1.92 bits per heavy atom. The molecule has 2 aromatic carbocycles. The molecule has 0 saturated heterocycles. The molecule has 0 fully saturated rings. The second kappa shape index (κ2) is 7.47. The van der Waals surface area contributed by atoms with E-state index in [1.165, 1.54) is 11.3 Å². The van der Waals surface area contributed by atoms with E-state index in [1.807, 2.05) is 24.3 Å². The van der Waals surface area contributed by atoms with E-state index in [4.69, 9.17) is 11.6 Å². The Morgan fingerprint density at radius 1 is 1.17 bits per heavy atom. The molecule has 0 aliphatic rings. The van der Waals surface area contributed by atoms with Crippen LogP contribution in [0.15, 0.2) is 53.9 Å². The van der Waals surface area contributed by atoms with Gasteiger partial charge in [0.1, 0.15) is 16.5 Å². The fourth-order valence-electron chi connectivity index (χ4n) is 2.23. The van der Waals surface area contributed by atoms with Crippen molar-refractivity contribution >= 4 is 28.8 Å². The van der Waals surface area contributed by atoms with Crippen molar-refractivity contribution in [1.29, 1.82) is 0 Å². The van der Waals surface area contributed by atoms with Gasteiger partial charge in [-0.05, 0) is 30.2 Å². The number of aromatic hydroxyl groups is 1. The standard InChI is InChI=1S/C18H15ClN2O2S/c19-14-7-5-13(6-8-14)18-21-15(11-24-18)17(23)20-10-9-12-3-1-2-4-16(12)22/h1-8,11,22H,9-10H2,(H,20,23). The predicted molar refractivity (Wildman–Crippen MR) is 96.7 cm³/mol. The quantitative estimate of drug-likeness (QED) is 0.720. The molecule has 0 unspecified atom stereocenters. The highest BCUT2D eigenvalue weighted by atomic mass is 35.5. The average molecular weight is 359 g/mol. The Morgan fingerprint density at radius 3 is 2.67 bits per heavy atom. The van der Waals surface area contributed by atoms with Crippen LogP contribution >= 0.6 is 22.9 Å². The van der Waals surface area contributed by atoms with Crippen molar-refractivity contribution in [2.75, 3.05) is 6.54 Å². The van der Waals surface area contributed by atoms with E-state index in [2.05, 4.69) is 10.3 Å². The minimum Gasteiger partial charge on any atom is -0.508 e. The maximum Gasteiger partial charge on any atom is 0.270 e. The van der Waals surface area contributed by atoms with E-state index in [0.717, 1.165) is 16.1 Å². The third-order valence-corrected chi connectivity index (χ3v) is 4.64. The predicted octanol–water partition coefficient (Wildman–Crippen LogP) is 4.14. The molecule has 1 amide bonds. The molecule has 0 saturated carbocycles. The largest absolute Gasteiger partial charge is 0.508 e. The molecular formula is C18H15ClN2O2S. The van der Waals surface area contributed by atoms with Gasteiger partial charge in [0.15, 0.2) is 0 Å². The van der Waals surface area contributed by atoms with E-state index in [9.17, 15) is 9.90 Å². The van der Waals surface area contributed by atoms with Gasteiger partial charge in [0, 0.05) is 22.5 Å². The zero-order chi connectivity index (χ0) is 16.9. The van der Waals surface area contributed by atoms with Crippen LogP contribution in [0, 0.1) is 0 Å². The van der Waals surface area contributed by atoms with Crippen LogP contribution in [0.1, 0.15) is 16.1 Å². The molecule has 2 N–H and O–H groups in total. The van der Waals surface area contributed by atoms with Gasteiger partial charge in [0.2, 0.25) is 0 Å². The number of rotatable bonds is 5. The van der Waals surface area contributed by atoms with Gasteiger partial charge >= 0.3 is 0 Å². The number of nitrogens with zero attached hydrogens (tertiary/aromatic N) is 1. The van der Waals surface area contributed by atoms with Crippen molar-refractivity contribution in [2.45, 2.75) is 6.42 Å². The Labute approximate surface area is 148 Å². The van der Waals surface area contributed by atoms with Crippen LogP contribution in [-0.4, -0.2) is 22.5 Å². The molecule has 1 aromatic heterocycles. The molecule has 0 aliphatic heterocycles. The molecule has 0 aliphatic carbocycles. The lowest BCUT2D eigenvalue weighted by molar-refractivity contribution is 0.0950. The van der Waals surface area contributed by atoms with Gasteiger partial charge in [-0.1, -0.05) is 41.9 Å². The van der Waals surface area contributed by atoms with E-state index in [1.54, 1.807) is 29.6 Å². The average Bonchev–Trinajstić information content (AvgIpc) is 3.07. The van der Waals surface area contributed by atoms with E-state index in [0.29, 0.717) is 23.7 Å². The maximum atomic E-state index is 12.2. The molecule has 4 nitrogen and oxygen atoms in total. The van der Waals surface area contributed by atoms with Crippen LogP contribution in [0.25, 0.3) is 10.6 Å². The summed E-state index contributed by atoms with van der Waals surface area (Å²) in [5.74, 6) is 0.0207. The summed E-state index contributed by atoms with van der Waals surface area (Å²) in [6.45, 7) is 0.435. The van der Waals surface area contributed by atoms with Gasteiger partial charge in [0.25, 0.3) is 5.91 Å². The van der Waals surface area contributed by atoms with Crippen LogP contribution < -0.4 is 5.32 Å². The third-order valence-electron chi connectivity index (χ3n) is 3.50. The number of hydrogen-bond donors (Lipinski definition) is 2. The second-order valence-corrected chi connectivity index (χ2v) is 6.47. The van der Waals surface area contributed by atoms with E-state index in [-0.39, 0.29) is 11.7 Å². The van der Waals surface area contributed by atoms with E-state index >= 15 is 0 Å². The molecule has 0 bridgehead atoms. The number of thiazole rings is 1. The van der Waals surface area contributed by atoms with Crippen molar-refractivity contribution in [3.63, 3.8) is 0 Å². The van der Waals surface area contributed by atoms with Crippen molar-refractivity contribution < 1.29 is 9.90 Å². The Hall–Kier alpha value is -2.37. The van der Waals surface area contributed by atoms with Gasteiger partial charge < -0.3 is 10.4 Å². The summed E-state index contributed by atoms with van der Waals surface area (Å²) in [5.41, 5.74) is 2.12. The lowest BCUT2D eigenvalue weighted by atomic mass is 10.1. The fourth-order valence-corrected chi connectivity index (χ4v) is 3.16. The Balaban J connectivity index is 1.60. The maximum absolute atomic E-state index is 12.2. The lowest BCUT2D eigenvalue weighted by Crippen LogP contribution is -2.25. The smallest absolute Gasteiger partial charge is 0.270 e. The highest BCUT2D eigenvalue weighted by Gasteiger charge is 2.11. The summed E-state index contributed by atoms with van der Waals surface area (Å²) in [7, 11) is 0. The zero-order valence-corrected chi connectivity index (χ0v) is 14.3. The summed E-state index contributed by atoms with van der Waals surface area (Å²) >= 11 is 7.29. The first-order valence-corrected chi connectivity index (χ1v) is 8.66. The number of amides is 1. The van der Waals surface area contributed by atoms with Crippen molar-refractivity contribution in [2.24, 2.45) is 0 Å². The Kier molecular flexibility index (Phi) is 5.13. The first kappa shape index (κ1) is 16.5. The molecule has 24 heavy (non-hydrogen) atoms. The number of hydrogen-bond acceptors (Lipinski definition) is 4. The number of nitrogens with one attached hydrogen (secondary N) is 1. The van der Waals surface area contributed by atoms with Gasteiger partial charge in [0.05, 0.1) is 0 Å². The molecule has 3 rings (SSSR count). The van der Waals surface area contributed by atoms with Gasteiger partial charge in [-0.2, -0.15) is 0 Å². The number of carbonyl (C=O) groups excluding carboxylic acids is 1. The molecule has 3 aromatic rings. The van der Waals surface area contributed by atoms with Crippen molar-refractivity contribution in [3.05, 3.63) is 70.2 Å². The summed E-state index contributed by atoms with van der Waals surface area (Å²) in [6, 6.07) is 14.4. The normalized spacial score (nSPS) is 10.5. The van der Waals surface area contributed by atoms with Crippen LogP contribution in [0.5, 0.6) is 5.75 Å². The molecule has 122 valence electrons. The highest BCUT2D eigenvalue weighted by molar-refractivity contribution is 7.13. The number of carbonyl (C=O) groups is 1. The number of para-hydroxylation sites is 1. The van der Waals surface area contributed by atoms with Crippen molar-refractivity contribution in [3.8, 4) is 16.3 Å². The summed E-state index contributed by atoms with van der Waals surface area (Å²) in [6.07, 6.45) is 0.562. The summed E-state index contributed by atoms with van der Waals surface area (Å²) in [4.78, 5) is 16.5. The first-order chi connectivity index (χ1) is 11.6. The molecule has 6 heteroatoms. The molecular weight excluding hydrogens is 344 g/mol. The SMILES string of the molecule is O=C(NCCc1ccccc1O)c1csc(-c2ccc(Cl)cc2)n1. The summed E-state index contributed by atoms with van der Waals surface area (Å²) < 4.78 is 0. The third kappa shape index (κ3) is 3.93. The van der Waals surface area contributed by atoms with Gasteiger partial charge in [-0.3, -0.25) is 4.79 Å². The number of aromatic nitrogens is 1. The number of benzene rings is 2. The second-order valence-electron chi connectivity index (χ2n) is 5.18. The zero-order valence-electron chi connectivity index (χ0n) is 12.7.